The Morgan fingerprint density at radius 2 is 2.18 bits per heavy atom. The summed E-state index contributed by atoms with van der Waals surface area (Å²) in [7, 11) is 0. The predicted molar refractivity (Wildman–Crippen MR) is 62.7 cm³/mol. The molecule has 3 N–H and O–H groups in total. The molecular weight excluding hydrogens is 220 g/mol. The highest BCUT2D eigenvalue weighted by atomic mass is 16.6. The highest BCUT2D eigenvalue weighted by molar-refractivity contribution is 5.69. The molecule has 1 fully saturated rings. The number of amides is 1. The van der Waals surface area contributed by atoms with Crippen LogP contribution in [0.3, 0.4) is 0 Å². The fourth-order valence-corrected chi connectivity index (χ4v) is 1.89. The van der Waals surface area contributed by atoms with Gasteiger partial charge < -0.3 is 9.64 Å². The van der Waals surface area contributed by atoms with E-state index in [-0.39, 0.29) is 11.5 Å². The third-order valence-electron chi connectivity index (χ3n) is 2.64. The number of nitrogens with two attached hydrogens (primary N) is 1. The maximum atomic E-state index is 11.7. The summed E-state index contributed by atoms with van der Waals surface area (Å²) in [6, 6.07) is 2.13. The SMILES string of the molecule is CC(C)(C)OC(=O)N1CC(CC#N)(CNN)C1. The van der Waals surface area contributed by atoms with E-state index in [4.69, 9.17) is 15.8 Å². The van der Waals surface area contributed by atoms with E-state index in [1.807, 2.05) is 20.8 Å². The van der Waals surface area contributed by atoms with Crippen LogP contribution in [0.4, 0.5) is 4.79 Å². The normalized spacial score (nSPS) is 18.2. The van der Waals surface area contributed by atoms with Crippen LogP contribution in [0.1, 0.15) is 27.2 Å². The Bertz CT molecular complexity index is 323. The highest BCUT2D eigenvalue weighted by Gasteiger charge is 2.46. The van der Waals surface area contributed by atoms with Crippen molar-refractivity contribution in [3.8, 4) is 6.07 Å². The average Bonchev–Trinajstić information content (AvgIpc) is 2.10. The standard InChI is InChI=1S/C11H20N4O2/c1-10(2,3)17-9(16)15-7-11(8-15,4-5-12)6-14-13/h14H,4,6-8,13H2,1-3H3. The molecule has 0 unspecified atom stereocenters. The van der Waals surface area contributed by atoms with Crippen LogP contribution in [0.5, 0.6) is 0 Å². The third-order valence-corrected chi connectivity index (χ3v) is 2.64. The number of likely N-dealkylation sites (tertiary alicyclic amines) is 1. The number of hydrogen-bond acceptors (Lipinski definition) is 5. The van der Waals surface area contributed by atoms with Crippen molar-refractivity contribution in [2.75, 3.05) is 19.6 Å². The lowest BCUT2D eigenvalue weighted by atomic mass is 9.77. The van der Waals surface area contributed by atoms with Crippen LogP contribution in [0, 0.1) is 16.7 Å². The first kappa shape index (κ1) is 13.7. The van der Waals surface area contributed by atoms with Crippen molar-refractivity contribution in [1.82, 2.24) is 10.3 Å². The topological polar surface area (TPSA) is 91.4 Å². The highest BCUT2D eigenvalue weighted by Crippen LogP contribution is 2.33. The molecule has 1 saturated heterocycles. The van der Waals surface area contributed by atoms with Crippen LogP contribution >= 0.6 is 0 Å². The number of rotatable bonds is 3. The van der Waals surface area contributed by atoms with Gasteiger partial charge in [0.2, 0.25) is 0 Å². The van der Waals surface area contributed by atoms with Crippen LogP contribution in [-0.2, 0) is 4.74 Å². The Labute approximate surface area is 102 Å². The number of nitrogens with zero attached hydrogens (tertiary/aromatic N) is 2. The van der Waals surface area contributed by atoms with Crippen molar-refractivity contribution < 1.29 is 9.53 Å². The molecule has 0 saturated carbocycles. The Kier molecular flexibility index (Phi) is 3.96. The molecule has 1 aliphatic heterocycles. The lowest BCUT2D eigenvalue weighted by Gasteiger charge is -2.48. The molecule has 1 aliphatic rings. The second kappa shape index (κ2) is 4.90. The minimum Gasteiger partial charge on any atom is -0.444 e. The van der Waals surface area contributed by atoms with Crippen LogP contribution < -0.4 is 11.3 Å². The first-order valence-electron chi connectivity index (χ1n) is 5.60. The van der Waals surface area contributed by atoms with Gasteiger partial charge in [0, 0.05) is 31.5 Å². The smallest absolute Gasteiger partial charge is 0.410 e. The Hall–Kier alpha value is -1.32. The number of carbonyl (C=O) groups is 1. The van der Waals surface area contributed by atoms with Gasteiger partial charge in [-0.2, -0.15) is 5.26 Å². The summed E-state index contributed by atoms with van der Waals surface area (Å²) in [5.41, 5.74) is 1.86. The number of carbonyl (C=O) groups excluding carboxylic acids is 1. The maximum Gasteiger partial charge on any atom is 0.410 e. The molecule has 96 valence electrons. The van der Waals surface area contributed by atoms with Crippen molar-refractivity contribution in [3.05, 3.63) is 0 Å². The van der Waals surface area contributed by atoms with Gasteiger partial charge in [0.05, 0.1) is 6.07 Å². The van der Waals surface area contributed by atoms with Gasteiger partial charge in [-0.15, -0.1) is 0 Å². The monoisotopic (exact) mass is 240 g/mol. The zero-order chi connectivity index (χ0) is 13.1. The molecule has 6 nitrogen and oxygen atoms in total. The van der Waals surface area contributed by atoms with Gasteiger partial charge in [0.1, 0.15) is 5.60 Å². The number of hydrazine groups is 1. The molecule has 0 aromatic heterocycles. The number of nitriles is 1. The van der Waals surface area contributed by atoms with E-state index in [0.717, 1.165) is 0 Å². The van der Waals surface area contributed by atoms with E-state index in [1.165, 1.54) is 0 Å². The van der Waals surface area contributed by atoms with E-state index in [1.54, 1.807) is 4.90 Å². The van der Waals surface area contributed by atoms with Gasteiger partial charge in [0.15, 0.2) is 0 Å². The lowest BCUT2D eigenvalue weighted by molar-refractivity contribution is -0.0322. The Morgan fingerprint density at radius 1 is 1.59 bits per heavy atom. The van der Waals surface area contributed by atoms with Crippen molar-refractivity contribution in [3.63, 3.8) is 0 Å². The molecule has 1 heterocycles. The van der Waals surface area contributed by atoms with E-state index in [0.29, 0.717) is 26.1 Å². The van der Waals surface area contributed by atoms with Crippen molar-refractivity contribution in [1.29, 1.82) is 5.26 Å². The zero-order valence-corrected chi connectivity index (χ0v) is 10.6. The predicted octanol–water partition coefficient (Wildman–Crippen LogP) is 0.600. The van der Waals surface area contributed by atoms with E-state index in [9.17, 15) is 4.79 Å². The molecule has 1 amide bonds. The summed E-state index contributed by atoms with van der Waals surface area (Å²) in [5.74, 6) is 5.28. The minimum absolute atomic E-state index is 0.222. The maximum absolute atomic E-state index is 11.7. The molecule has 0 spiro atoms. The van der Waals surface area contributed by atoms with Gasteiger partial charge in [-0.25, -0.2) is 4.79 Å². The Morgan fingerprint density at radius 3 is 2.59 bits per heavy atom. The van der Waals surface area contributed by atoms with Gasteiger partial charge in [-0.3, -0.25) is 11.3 Å². The summed E-state index contributed by atoms with van der Waals surface area (Å²) in [5, 5.41) is 8.75. The summed E-state index contributed by atoms with van der Waals surface area (Å²) in [4.78, 5) is 13.3. The molecule has 0 aromatic carbocycles. The summed E-state index contributed by atoms with van der Waals surface area (Å²) in [6.45, 7) is 7.04. The number of hydrogen-bond donors (Lipinski definition) is 2. The molecule has 17 heavy (non-hydrogen) atoms. The van der Waals surface area contributed by atoms with Gasteiger partial charge in [-0.1, -0.05) is 0 Å². The summed E-state index contributed by atoms with van der Waals surface area (Å²) < 4.78 is 5.24. The van der Waals surface area contributed by atoms with E-state index in [2.05, 4.69) is 11.5 Å². The van der Waals surface area contributed by atoms with Crippen LogP contribution in [0.15, 0.2) is 0 Å². The van der Waals surface area contributed by atoms with Crippen molar-refractivity contribution in [2.45, 2.75) is 32.8 Å². The fraction of sp³-hybridized carbons (Fsp3) is 0.818. The fourth-order valence-electron chi connectivity index (χ4n) is 1.89. The summed E-state index contributed by atoms with van der Waals surface area (Å²) >= 11 is 0. The number of ether oxygens (including phenoxy) is 1. The van der Waals surface area contributed by atoms with Crippen molar-refractivity contribution >= 4 is 6.09 Å². The van der Waals surface area contributed by atoms with Gasteiger partial charge in [0.25, 0.3) is 0 Å². The average molecular weight is 240 g/mol. The molecular formula is C11H20N4O2. The van der Waals surface area contributed by atoms with E-state index < -0.39 is 5.60 Å². The quantitative estimate of drug-likeness (QED) is 0.557. The molecule has 1 rings (SSSR count). The Balaban J connectivity index is 2.49. The van der Waals surface area contributed by atoms with Gasteiger partial charge >= 0.3 is 6.09 Å². The zero-order valence-electron chi connectivity index (χ0n) is 10.6. The second-order valence-corrected chi connectivity index (χ2v) is 5.55. The van der Waals surface area contributed by atoms with E-state index >= 15 is 0 Å². The first-order valence-corrected chi connectivity index (χ1v) is 5.60. The summed E-state index contributed by atoms with van der Waals surface area (Å²) in [6.07, 6.45) is 0.0549. The lowest BCUT2D eigenvalue weighted by Crippen LogP contribution is -2.63. The largest absolute Gasteiger partial charge is 0.444 e. The van der Waals surface area contributed by atoms with Crippen LogP contribution in [0.25, 0.3) is 0 Å². The molecule has 0 aromatic rings. The van der Waals surface area contributed by atoms with Crippen LogP contribution in [0.2, 0.25) is 0 Å². The molecule has 6 heteroatoms. The van der Waals surface area contributed by atoms with Crippen molar-refractivity contribution in [2.24, 2.45) is 11.3 Å². The molecule has 0 aliphatic carbocycles. The first-order chi connectivity index (χ1) is 7.82. The second-order valence-electron chi connectivity index (χ2n) is 5.55. The van der Waals surface area contributed by atoms with Crippen LogP contribution in [-0.4, -0.2) is 36.2 Å². The molecule has 0 radical (unpaired) electrons. The third kappa shape index (κ3) is 3.58. The minimum atomic E-state index is -0.489. The number of nitrogens with one attached hydrogen (secondary N) is 1. The molecule has 0 bridgehead atoms. The van der Waals surface area contributed by atoms with Gasteiger partial charge in [-0.05, 0) is 20.8 Å². The molecule has 0 atom stereocenters.